The molecule has 0 bridgehead atoms. The van der Waals surface area contributed by atoms with Crippen LogP contribution in [0.5, 0.6) is 0 Å². The topological polar surface area (TPSA) is 69.7 Å². The summed E-state index contributed by atoms with van der Waals surface area (Å²) in [5.74, 6) is -1.26. The van der Waals surface area contributed by atoms with Crippen molar-refractivity contribution in [1.29, 1.82) is 0 Å². The Morgan fingerprint density at radius 2 is 2.00 bits per heavy atom. The largest absolute Gasteiger partial charge is 0.462 e. The number of hydrogen-bond donors (Lipinski definition) is 0. The van der Waals surface area contributed by atoms with E-state index >= 15 is 0 Å². The fraction of sp³-hybridized carbons (Fsp3) is 0.667. The van der Waals surface area contributed by atoms with E-state index in [1.54, 1.807) is 6.08 Å². The molecule has 3 rings (SSSR count). The first-order chi connectivity index (χ1) is 12.3. The Labute approximate surface area is 154 Å². The van der Waals surface area contributed by atoms with E-state index in [1.165, 1.54) is 0 Å². The third-order valence-corrected chi connectivity index (χ3v) is 6.00. The van der Waals surface area contributed by atoms with Crippen molar-refractivity contribution < 1.29 is 23.9 Å². The molecule has 26 heavy (non-hydrogen) atoms. The highest BCUT2D eigenvalue weighted by Gasteiger charge is 2.55. The minimum Gasteiger partial charge on any atom is -0.462 e. The summed E-state index contributed by atoms with van der Waals surface area (Å²) in [7, 11) is 0. The van der Waals surface area contributed by atoms with Crippen molar-refractivity contribution in [2.75, 3.05) is 0 Å². The lowest BCUT2D eigenvalue weighted by Gasteiger charge is -2.29. The molecule has 1 aliphatic heterocycles. The second kappa shape index (κ2) is 7.37. The molecule has 0 saturated carbocycles. The first-order valence-electron chi connectivity index (χ1n) is 9.67. The van der Waals surface area contributed by atoms with Crippen molar-refractivity contribution in [1.82, 2.24) is 0 Å². The van der Waals surface area contributed by atoms with Crippen LogP contribution in [0.3, 0.4) is 0 Å². The van der Waals surface area contributed by atoms with Gasteiger partial charge < -0.3 is 9.47 Å². The minimum atomic E-state index is -0.430. The monoisotopic (exact) mass is 360 g/mol. The van der Waals surface area contributed by atoms with E-state index in [4.69, 9.17) is 9.47 Å². The highest BCUT2D eigenvalue weighted by atomic mass is 16.6. The van der Waals surface area contributed by atoms with Gasteiger partial charge in [0.25, 0.3) is 0 Å². The van der Waals surface area contributed by atoms with Gasteiger partial charge in [-0.2, -0.15) is 0 Å². The molecule has 5 atom stereocenters. The van der Waals surface area contributed by atoms with E-state index < -0.39 is 12.2 Å². The number of ketones is 1. The molecular formula is C21H28O5. The molecule has 1 heterocycles. The number of esters is 2. The fourth-order valence-corrected chi connectivity index (χ4v) is 4.66. The number of hydrogen-bond acceptors (Lipinski definition) is 5. The maximum absolute atomic E-state index is 12.5. The Morgan fingerprint density at radius 3 is 2.69 bits per heavy atom. The number of rotatable bonds is 5. The number of allylic oxidation sites excluding steroid dienone is 1. The zero-order chi connectivity index (χ0) is 19.0. The van der Waals surface area contributed by atoms with Gasteiger partial charge in [-0.25, -0.2) is 0 Å². The molecular weight excluding hydrogens is 332 g/mol. The number of fused-ring (bicyclic) bond motifs is 3. The second-order valence-electron chi connectivity index (χ2n) is 7.88. The van der Waals surface area contributed by atoms with Crippen molar-refractivity contribution in [2.45, 2.75) is 72.0 Å². The average Bonchev–Trinajstić information content (AvgIpc) is 2.98. The maximum Gasteiger partial charge on any atom is 0.309 e. The smallest absolute Gasteiger partial charge is 0.309 e. The third kappa shape index (κ3) is 3.24. The molecule has 0 aromatic rings. The number of carbonyl (C=O) groups excluding carboxylic acids is 3. The summed E-state index contributed by atoms with van der Waals surface area (Å²) in [5, 5.41) is 0. The van der Waals surface area contributed by atoms with Gasteiger partial charge in [0, 0.05) is 30.3 Å². The molecule has 0 spiro atoms. The molecule has 0 aromatic heterocycles. The molecule has 0 radical (unpaired) electrons. The molecule has 0 aromatic carbocycles. The highest BCUT2D eigenvalue weighted by molar-refractivity contribution is 6.09. The van der Waals surface area contributed by atoms with Crippen molar-refractivity contribution in [2.24, 2.45) is 17.8 Å². The van der Waals surface area contributed by atoms with Crippen LogP contribution in [0.1, 0.15) is 59.8 Å². The van der Waals surface area contributed by atoms with Crippen LogP contribution in [0.2, 0.25) is 0 Å². The van der Waals surface area contributed by atoms with E-state index in [-0.39, 0.29) is 35.5 Å². The first-order valence-corrected chi connectivity index (χ1v) is 9.67. The minimum absolute atomic E-state index is 0.00530. The SMILES string of the molecule is CCCCCC(=O)OC1CC(C)=C2C(=O)C=C(C)C2C2OC(=O)C(C)C12. The van der Waals surface area contributed by atoms with Gasteiger partial charge >= 0.3 is 11.9 Å². The third-order valence-electron chi connectivity index (χ3n) is 6.00. The molecule has 142 valence electrons. The Balaban J connectivity index is 1.88. The molecule has 5 nitrogen and oxygen atoms in total. The quantitative estimate of drug-likeness (QED) is 0.554. The van der Waals surface area contributed by atoms with Crippen LogP contribution in [0, 0.1) is 17.8 Å². The van der Waals surface area contributed by atoms with Gasteiger partial charge in [0.2, 0.25) is 0 Å². The van der Waals surface area contributed by atoms with Crippen LogP contribution in [-0.4, -0.2) is 29.9 Å². The van der Waals surface area contributed by atoms with Crippen molar-refractivity contribution in [3.05, 3.63) is 22.8 Å². The molecule has 0 N–H and O–H groups in total. The Morgan fingerprint density at radius 1 is 1.27 bits per heavy atom. The van der Waals surface area contributed by atoms with Crippen molar-refractivity contribution in [3.8, 4) is 0 Å². The molecule has 3 aliphatic rings. The molecule has 2 aliphatic carbocycles. The second-order valence-corrected chi connectivity index (χ2v) is 7.88. The summed E-state index contributed by atoms with van der Waals surface area (Å²) >= 11 is 0. The Kier molecular flexibility index (Phi) is 5.35. The number of carbonyl (C=O) groups is 3. The lowest BCUT2D eigenvalue weighted by molar-refractivity contribution is -0.153. The van der Waals surface area contributed by atoms with Crippen LogP contribution in [0.25, 0.3) is 0 Å². The highest BCUT2D eigenvalue weighted by Crippen LogP contribution is 2.48. The molecule has 5 unspecified atom stereocenters. The van der Waals surface area contributed by atoms with Crippen molar-refractivity contribution >= 4 is 17.7 Å². The van der Waals surface area contributed by atoms with Crippen LogP contribution in [-0.2, 0) is 23.9 Å². The van der Waals surface area contributed by atoms with Gasteiger partial charge in [-0.3, -0.25) is 14.4 Å². The predicted octanol–water partition coefficient (Wildman–Crippen LogP) is 3.52. The summed E-state index contributed by atoms with van der Waals surface area (Å²) < 4.78 is 11.5. The van der Waals surface area contributed by atoms with Crippen LogP contribution >= 0.6 is 0 Å². The molecule has 5 heteroatoms. The summed E-state index contributed by atoms with van der Waals surface area (Å²) in [4.78, 5) is 37.0. The fourth-order valence-electron chi connectivity index (χ4n) is 4.66. The van der Waals surface area contributed by atoms with Gasteiger partial charge in [-0.05, 0) is 26.3 Å². The summed E-state index contributed by atoms with van der Waals surface area (Å²) in [6.07, 6.45) is 4.52. The number of ether oxygens (including phenoxy) is 2. The average molecular weight is 360 g/mol. The van der Waals surface area contributed by atoms with E-state index in [9.17, 15) is 14.4 Å². The van der Waals surface area contributed by atoms with Gasteiger partial charge in [0.05, 0.1) is 5.92 Å². The van der Waals surface area contributed by atoms with E-state index in [0.717, 1.165) is 36.0 Å². The van der Waals surface area contributed by atoms with Gasteiger partial charge in [0.15, 0.2) is 5.78 Å². The van der Waals surface area contributed by atoms with Gasteiger partial charge in [-0.1, -0.05) is 37.8 Å². The molecule has 1 saturated heterocycles. The lowest BCUT2D eigenvalue weighted by Crippen LogP contribution is -2.37. The van der Waals surface area contributed by atoms with Gasteiger partial charge in [-0.15, -0.1) is 0 Å². The lowest BCUT2D eigenvalue weighted by atomic mass is 9.79. The zero-order valence-corrected chi connectivity index (χ0v) is 16.0. The Bertz CT molecular complexity index is 687. The number of unbranched alkanes of at least 4 members (excludes halogenated alkanes) is 2. The summed E-state index contributed by atoms with van der Waals surface area (Å²) in [5.41, 5.74) is 2.59. The normalized spacial score (nSPS) is 33.4. The van der Waals surface area contributed by atoms with E-state index in [1.807, 2.05) is 20.8 Å². The standard InChI is InChI=1S/C21H28O5/c1-5-6-7-8-16(23)25-15-10-12(3)17-14(22)9-11(2)18(17)20-19(15)13(4)21(24)26-20/h9,13,15,18-20H,5-8,10H2,1-4H3. The first kappa shape index (κ1) is 18.9. The molecule has 0 amide bonds. The van der Waals surface area contributed by atoms with Gasteiger partial charge in [0.1, 0.15) is 12.2 Å². The van der Waals surface area contributed by atoms with E-state index in [0.29, 0.717) is 12.8 Å². The van der Waals surface area contributed by atoms with Crippen LogP contribution < -0.4 is 0 Å². The van der Waals surface area contributed by atoms with E-state index in [2.05, 4.69) is 6.92 Å². The zero-order valence-electron chi connectivity index (χ0n) is 16.0. The maximum atomic E-state index is 12.5. The van der Waals surface area contributed by atoms with Crippen molar-refractivity contribution in [3.63, 3.8) is 0 Å². The molecule has 1 fully saturated rings. The summed E-state index contributed by atoms with van der Waals surface area (Å²) in [6, 6.07) is 0. The van der Waals surface area contributed by atoms with Crippen LogP contribution in [0.4, 0.5) is 0 Å². The summed E-state index contributed by atoms with van der Waals surface area (Å²) in [6.45, 7) is 7.76. The predicted molar refractivity (Wildman–Crippen MR) is 96.1 cm³/mol. The van der Waals surface area contributed by atoms with Crippen LogP contribution in [0.15, 0.2) is 22.8 Å². The Hall–Kier alpha value is -1.91.